The maximum atomic E-state index is 13.7. The maximum Gasteiger partial charge on any atom is 0.248 e. The molecular weight excluding hydrogens is 291 g/mol. The van der Waals surface area contributed by atoms with Gasteiger partial charge in [0.15, 0.2) is 0 Å². The van der Waals surface area contributed by atoms with Gasteiger partial charge in [-0.3, -0.25) is 4.79 Å². The Labute approximate surface area is 127 Å². The second-order valence-corrected chi connectivity index (χ2v) is 5.20. The number of carbonyl (C=O) groups is 1. The summed E-state index contributed by atoms with van der Waals surface area (Å²) >= 11 is 6.12. The molecule has 0 bridgehead atoms. The van der Waals surface area contributed by atoms with Gasteiger partial charge >= 0.3 is 0 Å². The number of benzene rings is 2. The first-order valence-electron chi connectivity index (χ1n) is 6.55. The fraction of sp³-hybridized carbons (Fsp3) is 0.188. The highest BCUT2D eigenvalue weighted by Crippen LogP contribution is 2.22. The Morgan fingerprint density at radius 3 is 2.71 bits per heavy atom. The molecule has 2 aromatic rings. The SMILES string of the molecule is C[C@H](NCc1cc(C(N)=O)ccc1F)c1ccccc1Cl. The van der Waals surface area contributed by atoms with Crippen molar-refractivity contribution < 1.29 is 9.18 Å². The second-order valence-electron chi connectivity index (χ2n) is 4.79. The summed E-state index contributed by atoms with van der Waals surface area (Å²) < 4.78 is 13.7. The van der Waals surface area contributed by atoms with E-state index in [2.05, 4.69) is 5.32 Å². The number of nitrogens with one attached hydrogen (secondary N) is 1. The molecule has 0 saturated carbocycles. The van der Waals surface area contributed by atoms with Crippen LogP contribution < -0.4 is 11.1 Å². The fourth-order valence-corrected chi connectivity index (χ4v) is 2.36. The molecule has 0 fully saturated rings. The zero-order valence-electron chi connectivity index (χ0n) is 11.6. The number of rotatable bonds is 5. The fourth-order valence-electron chi connectivity index (χ4n) is 2.06. The maximum absolute atomic E-state index is 13.7. The van der Waals surface area contributed by atoms with Crippen LogP contribution in [0.5, 0.6) is 0 Å². The van der Waals surface area contributed by atoms with Crippen molar-refractivity contribution in [3.8, 4) is 0 Å². The standard InChI is InChI=1S/C16H16ClFN2O/c1-10(13-4-2-3-5-14(13)17)20-9-12-8-11(16(19)21)6-7-15(12)18/h2-8,10,20H,9H2,1H3,(H2,19,21)/t10-/m0/s1. The normalized spacial score (nSPS) is 12.1. The number of carbonyl (C=O) groups excluding carboxylic acids is 1. The summed E-state index contributed by atoms with van der Waals surface area (Å²) in [6.07, 6.45) is 0. The van der Waals surface area contributed by atoms with Crippen LogP contribution in [0.4, 0.5) is 4.39 Å². The van der Waals surface area contributed by atoms with E-state index in [0.29, 0.717) is 16.1 Å². The molecule has 3 N–H and O–H groups in total. The predicted octanol–water partition coefficient (Wildman–Crippen LogP) is 3.43. The minimum Gasteiger partial charge on any atom is -0.366 e. The minimum absolute atomic E-state index is 0.0460. The lowest BCUT2D eigenvalue weighted by molar-refractivity contribution is 0.1000. The molecule has 2 rings (SSSR count). The number of hydrogen-bond acceptors (Lipinski definition) is 2. The van der Waals surface area contributed by atoms with E-state index in [1.54, 1.807) is 0 Å². The van der Waals surface area contributed by atoms with Crippen molar-refractivity contribution in [1.82, 2.24) is 5.32 Å². The number of halogens is 2. The van der Waals surface area contributed by atoms with Gasteiger partial charge in [0.05, 0.1) is 0 Å². The van der Waals surface area contributed by atoms with E-state index in [9.17, 15) is 9.18 Å². The van der Waals surface area contributed by atoms with Crippen LogP contribution in [-0.2, 0) is 6.54 Å². The highest BCUT2D eigenvalue weighted by atomic mass is 35.5. The molecule has 2 aromatic carbocycles. The Kier molecular flexibility index (Phi) is 4.94. The Morgan fingerprint density at radius 1 is 1.33 bits per heavy atom. The Morgan fingerprint density at radius 2 is 2.05 bits per heavy atom. The van der Waals surface area contributed by atoms with E-state index in [1.807, 2.05) is 31.2 Å². The highest BCUT2D eigenvalue weighted by Gasteiger charge is 2.11. The minimum atomic E-state index is -0.574. The van der Waals surface area contributed by atoms with Gasteiger partial charge in [-0.15, -0.1) is 0 Å². The first-order valence-corrected chi connectivity index (χ1v) is 6.93. The average Bonchev–Trinajstić information content (AvgIpc) is 2.46. The van der Waals surface area contributed by atoms with Crippen LogP contribution in [0.3, 0.4) is 0 Å². The molecule has 1 amide bonds. The van der Waals surface area contributed by atoms with Gasteiger partial charge in [0, 0.05) is 28.7 Å². The molecule has 0 aromatic heterocycles. The van der Waals surface area contributed by atoms with Gasteiger partial charge in [0.25, 0.3) is 0 Å². The summed E-state index contributed by atoms with van der Waals surface area (Å²) in [5.74, 6) is -0.950. The van der Waals surface area contributed by atoms with E-state index in [0.717, 1.165) is 5.56 Å². The third-order valence-electron chi connectivity index (χ3n) is 3.30. The largest absolute Gasteiger partial charge is 0.366 e. The summed E-state index contributed by atoms with van der Waals surface area (Å²) in [5, 5.41) is 3.84. The number of hydrogen-bond donors (Lipinski definition) is 2. The topological polar surface area (TPSA) is 55.1 Å². The molecule has 0 radical (unpaired) electrons. The van der Waals surface area contributed by atoms with Crippen LogP contribution >= 0.6 is 11.6 Å². The lowest BCUT2D eigenvalue weighted by atomic mass is 10.1. The second kappa shape index (κ2) is 6.70. The van der Waals surface area contributed by atoms with Gasteiger partial charge in [0.2, 0.25) is 5.91 Å². The molecule has 0 aliphatic rings. The molecule has 0 aliphatic heterocycles. The molecule has 0 saturated heterocycles. The highest BCUT2D eigenvalue weighted by molar-refractivity contribution is 6.31. The van der Waals surface area contributed by atoms with Crippen LogP contribution in [0, 0.1) is 5.82 Å². The molecule has 0 spiro atoms. The van der Waals surface area contributed by atoms with E-state index in [-0.39, 0.29) is 18.4 Å². The van der Waals surface area contributed by atoms with Crippen molar-refractivity contribution in [3.05, 3.63) is 70.0 Å². The zero-order chi connectivity index (χ0) is 15.4. The van der Waals surface area contributed by atoms with Crippen molar-refractivity contribution in [2.45, 2.75) is 19.5 Å². The smallest absolute Gasteiger partial charge is 0.248 e. The monoisotopic (exact) mass is 306 g/mol. The van der Waals surface area contributed by atoms with Crippen molar-refractivity contribution >= 4 is 17.5 Å². The van der Waals surface area contributed by atoms with E-state index in [4.69, 9.17) is 17.3 Å². The van der Waals surface area contributed by atoms with Gasteiger partial charge < -0.3 is 11.1 Å². The molecule has 0 heterocycles. The van der Waals surface area contributed by atoms with Crippen molar-refractivity contribution in [3.63, 3.8) is 0 Å². The first kappa shape index (κ1) is 15.5. The van der Waals surface area contributed by atoms with Gasteiger partial charge in [-0.25, -0.2) is 4.39 Å². The van der Waals surface area contributed by atoms with E-state index >= 15 is 0 Å². The first-order chi connectivity index (χ1) is 9.99. The summed E-state index contributed by atoms with van der Waals surface area (Å²) in [6.45, 7) is 2.22. The molecule has 0 unspecified atom stereocenters. The summed E-state index contributed by atoms with van der Waals surface area (Å²) in [6, 6.07) is 11.5. The van der Waals surface area contributed by atoms with Gasteiger partial charge in [-0.2, -0.15) is 0 Å². The third-order valence-corrected chi connectivity index (χ3v) is 3.64. The lowest BCUT2D eigenvalue weighted by Gasteiger charge is -2.16. The van der Waals surface area contributed by atoms with Crippen molar-refractivity contribution in [2.75, 3.05) is 0 Å². The summed E-state index contributed by atoms with van der Waals surface area (Å²) in [7, 11) is 0. The molecule has 110 valence electrons. The number of nitrogens with two attached hydrogens (primary N) is 1. The van der Waals surface area contributed by atoms with E-state index in [1.165, 1.54) is 18.2 Å². The quantitative estimate of drug-likeness (QED) is 0.889. The lowest BCUT2D eigenvalue weighted by Crippen LogP contribution is -2.20. The molecule has 1 atom stereocenters. The molecular formula is C16H16ClFN2O. The zero-order valence-corrected chi connectivity index (χ0v) is 12.3. The van der Waals surface area contributed by atoms with Gasteiger partial charge in [0.1, 0.15) is 5.82 Å². The molecule has 3 nitrogen and oxygen atoms in total. The Hall–Kier alpha value is -1.91. The number of primary amides is 1. The predicted molar refractivity (Wildman–Crippen MR) is 81.6 cm³/mol. The average molecular weight is 307 g/mol. The summed E-state index contributed by atoms with van der Waals surface area (Å²) in [5.41, 5.74) is 6.82. The van der Waals surface area contributed by atoms with Crippen molar-refractivity contribution in [1.29, 1.82) is 0 Å². The van der Waals surface area contributed by atoms with Gasteiger partial charge in [-0.05, 0) is 36.8 Å². The van der Waals surface area contributed by atoms with E-state index < -0.39 is 5.91 Å². The Bertz CT molecular complexity index is 660. The van der Waals surface area contributed by atoms with Crippen molar-refractivity contribution in [2.24, 2.45) is 5.73 Å². The van der Waals surface area contributed by atoms with Crippen LogP contribution in [0.1, 0.15) is 34.5 Å². The van der Waals surface area contributed by atoms with Crippen LogP contribution in [-0.4, -0.2) is 5.91 Å². The van der Waals surface area contributed by atoms with Gasteiger partial charge in [-0.1, -0.05) is 29.8 Å². The molecule has 0 aliphatic carbocycles. The van der Waals surface area contributed by atoms with Crippen LogP contribution in [0.25, 0.3) is 0 Å². The molecule has 21 heavy (non-hydrogen) atoms. The third kappa shape index (κ3) is 3.80. The van der Waals surface area contributed by atoms with Crippen LogP contribution in [0.2, 0.25) is 5.02 Å². The molecule has 5 heteroatoms. The number of amides is 1. The van der Waals surface area contributed by atoms with Crippen LogP contribution in [0.15, 0.2) is 42.5 Å². The Balaban J connectivity index is 2.11. The summed E-state index contributed by atoms with van der Waals surface area (Å²) in [4.78, 5) is 11.1.